The van der Waals surface area contributed by atoms with Crippen molar-refractivity contribution in [3.8, 4) is 22.8 Å². The van der Waals surface area contributed by atoms with Crippen molar-refractivity contribution in [3.05, 3.63) is 146 Å². The topological polar surface area (TPSA) is 35.6 Å². The van der Waals surface area contributed by atoms with E-state index in [0.29, 0.717) is 0 Å². The summed E-state index contributed by atoms with van der Waals surface area (Å²) in [6, 6.07) is 47.4. The Labute approximate surface area is 241 Å². The molecular formula is C38H24N4. The molecule has 4 nitrogen and oxygen atoms in total. The third-order valence-corrected chi connectivity index (χ3v) is 8.41. The first-order valence-corrected chi connectivity index (χ1v) is 14.2. The van der Waals surface area contributed by atoms with Crippen molar-refractivity contribution in [2.45, 2.75) is 0 Å². The molecule has 0 saturated heterocycles. The molecule has 0 bridgehead atoms. The molecule has 0 N–H and O–H groups in total. The summed E-state index contributed by atoms with van der Waals surface area (Å²) in [6.45, 7) is 0. The van der Waals surface area contributed by atoms with Crippen molar-refractivity contribution in [2.75, 3.05) is 0 Å². The minimum absolute atomic E-state index is 0.909. The van der Waals surface area contributed by atoms with Crippen molar-refractivity contribution in [1.29, 1.82) is 0 Å². The van der Waals surface area contributed by atoms with Gasteiger partial charge in [0, 0.05) is 45.2 Å². The Kier molecular flexibility index (Phi) is 4.87. The number of pyridine rings is 2. The molecule has 0 radical (unpaired) electrons. The number of benzene rings is 5. The molecule has 0 spiro atoms. The van der Waals surface area contributed by atoms with Crippen molar-refractivity contribution in [3.63, 3.8) is 0 Å². The molecule has 5 aromatic carbocycles. The molecule has 0 aliphatic carbocycles. The molecule has 4 aromatic heterocycles. The minimum atomic E-state index is 0.909. The second-order valence-corrected chi connectivity index (χ2v) is 10.7. The van der Waals surface area contributed by atoms with Crippen LogP contribution in [-0.4, -0.2) is 19.1 Å². The predicted molar refractivity (Wildman–Crippen MR) is 174 cm³/mol. The first kappa shape index (κ1) is 23.0. The summed E-state index contributed by atoms with van der Waals surface area (Å²) in [7, 11) is 0. The summed E-state index contributed by atoms with van der Waals surface area (Å²) < 4.78 is 4.68. The Morgan fingerprint density at radius 3 is 2.02 bits per heavy atom. The van der Waals surface area contributed by atoms with E-state index < -0.39 is 0 Å². The van der Waals surface area contributed by atoms with Crippen LogP contribution in [0.5, 0.6) is 0 Å². The first-order valence-electron chi connectivity index (χ1n) is 14.2. The van der Waals surface area contributed by atoms with Gasteiger partial charge in [-0.2, -0.15) is 0 Å². The molecule has 4 heteroatoms. The van der Waals surface area contributed by atoms with Gasteiger partial charge in [0.15, 0.2) is 0 Å². The predicted octanol–water partition coefficient (Wildman–Crippen LogP) is 9.49. The van der Waals surface area contributed by atoms with Gasteiger partial charge in [0.25, 0.3) is 0 Å². The van der Waals surface area contributed by atoms with Crippen LogP contribution in [0.1, 0.15) is 0 Å². The van der Waals surface area contributed by atoms with E-state index >= 15 is 0 Å². The highest BCUT2D eigenvalue weighted by Crippen LogP contribution is 2.40. The highest BCUT2D eigenvalue weighted by molar-refractivity contribution is 6.22. The lowest BCUT2D eigenvalue weighted by atomic mass is 10.0. The van der Waals surface area contributed by atoms with E-state index in [9.17, 15) is 0 Å². The summed E-state index contributed by atoms with van der Waals surface area (Å²) in [4.78, 5) is 9.40. The zero-order valence-electron chi connectivity index (χ0n) is 22.6. The van der Waals surface area contributed by atoms with Crippen molar-refractivity contribution in [1.82, 2.24) is 19.1 Å². The molecule has 0 saturated carbocycles. The van der Waals surface area contributed by atoms with Crippen LogP contribution in [0.25, 0.3) is 77.1 Å². The van der Waals surface area contributed by atoms with E-state index in [0.717, 1.165) is 39.3 Å². The zero-order valence-corrected chi connectivity index (χ0v) is 22.6. The lowest BCUT2D eigenvalue weighted by Crippen LogP contribution is -1.98. The first-order chi connectivity index (χ1) is 20.8. The van der Waals surface area contributed by atoms with Crippen molar-refractivity contribution >= 4 is 54.4 Å². The van der Waals surface area contributed by atoms with Gasteiger partial charge in [-0.05, 0) is 65.4 Å². The number of fused-ring (bicyclic) bond motifs is 8. The summed E-state index contributed by atoms with van der Waals surface area (Å²) in [6.07, 6.45) is 3.71. The molecule has 0 amide bonds. The van der Waals surface area contributed by atoms with Gasteiger partial charge < -0.3 is 4.57 Å². The zero-order chi connectivity index (χ0) is 27.6. The Bertz CT molecular complexity index is 2450. The standard InChI is InChI=1S/C38H24N4/c1-2-10-28-25(9-1)16-20-34-38(28)31-18-15-26(32-12-5-7-21-39-32)23-35(31)41(34)27-17-19-30-29-11-3-4-13-33(29)42(36(30)24-27)37-14-6-8-22-40-37/h1-24H. The largest absolute Gasteiger partial charge is 0.309 e. The van der Waals surface area contributed by atoms with Gasteiger partial charge in [0.05, 0.1) is 27.8 Å². The number of aromatic nitrogens is 4. The highest BCUT2D eigenvalue weighted by Gasteiger charge is 2.18. The van der Waals surface area contributed by atoms with Crippen LogP contribution in [0.15, 0.2) is 146 Å². The molecule has 9 aromatic rings. The van der Waals surface area contributed by atoms with Crippen LogP contribution in [0.2, 0.25) is 0 Å². The molecule has 42 heavy (non-hydrogen) atoms. The van der Waals surface area contributed by atoms with E-state index in [4.69, 9.17) is 4.98 Å². The highest BCUT2D eigenvalue weighted by atomic mass is 15.1. The van der Waals surface area contributed by atoms with Crippen molar-refractivity contribution < 1.29 is 0 Å². The summed E-state index contributed by atoms with van der Waals surface area (Å²) >= 11 is 0. The van der Waals surface area contributed by atoms with Crippen LogP contribution < -0.4 is 0 Å². The maximum absolute atomic E-state index is 4.74. The Morgan fingerprint density at radius 1 is 0.429 bits per heavy atom. The number of nitrogens with zero attached hydrogens (tertiary/aromatic N) is 4. The monoisotopic (exact) mass is 536 g/mol. The molecule has 0 unspecified atom stereocenters. The second-order valence-electron chi connectivity index (χ2n) is 10.7. The number of para-hydroxylation sites is 1. The van der Waals surface area contributed by atoms with E-state index in [1.54, 1.807) is 0 Å². The van der Waals surface area contributed by atoms with Gasteiger partial charge in [0.2, 0.25) is 0 Å². The molecule has 9 rings (SSSR count). The fourth-order valence-corrected chi connectivity index (χ4v) is 6.59. The van der Waals surface area contributed by atoms with E-state index in [1.165, 1.54) is 37.8 Å². The average molecular weight is 537 g/mol. The summed E-state index contributed by atoms with van der Waals surface area (Å²) in [5.74, 6) is 0.909. The number of hydrogen-bond acceptors (Lipinski definition) is 2. The van der Waals surface area contributed by atoms with E-state index in [1.807, 2.05) is 36.7 Å². The maximum Gasteiger partial charge on any atom is 0.137 e. The molecule has 0 fully saturated rings. The maximum atomic E-state index is 4.74. The average Bonchev–Trinajstić information content (AvgIpc) is 3.58. The Balaban J connectivity index is 1.41. The van der Waals surface area contributed by atoms with Gasteiger partial charge in [-0.1, -0.05) is 78.9 Å². The van der Waals surface area contributed by atoms with Crippen LogP contribution in [0.4, 0.5) is 0 Å². The van der Waals surface area contributed by atoms with Crippen LogP contribution in [0, 0.1) is 0 Å². The summed E-state index contributed by atoms with van der Waals surface area (Å²) in [5, 5.41) is 7.42. The van der Waals surface area contributed by atoms with Gasteiger partial charge >= 0.3 is 0 Å². The van der Waals surface area contributed by atoms with Gasteiger partial charge in [-0.25, -0.2) is 4.98 Å². The van der Waals surface area contributed by atoms with Crippen LogP contribution >= 0.6 is 0 Å². The molecule has 4 heterocycles. The van der Waals surface area contributed by atoms with Crippen LogP contribution in [0.3, 0.4) is 0 Å². The SMILES string of the molecule is c1ccc(-c2ccc3c4c5ccccc5ccc4n(-c4ccc5c6ccccc6n(-c6ccccn6)c5c4)c3c2)nc1. The lowest BCUT2D eigenvalue weighted by Gasteiger charge is -2.11. The lowest BCUT2D eigenvalue weighted by molar-refractivity contribution is 1.08. The molecular weight excluding hydrogens is 512 g/mol. The quantitative estimate of drug-likeness (QED) is 0.225. The van der Waals surface area contributed by atoms with E-state index in [2.05, 4.69) is 123 Å². The van der Waals surface area contributed by atoms with Gasteiger partial charge in [-0.15, -0.1) is 0 Å². The fourth-order valence-electron chi connectivity index (χ4n) is 6.59. The number of rotatable bonds is 3. The van der Waals surface area contributed by atoms with Crippen LogP contribution in [-0.2, 0) is 0 Å². The second kappa shape index (κ2) is 8.88. The minimum Gasteiger partial charge on any atom is -0.309 e. The molecule has 0 atom stereocenters. The third-order valence-electron chi connectivity index (χ3n) is 8.41. The number of hydrogen-bond donors (Lipinski definition) is 0. The summed E-state index contributed by atoms with van der Waals surface area (Å²) in [5.41, 5.74) is 7.78. The Hall–Kier alpha value is -5.74. The van der Waals surface area contributed by atoms with Gasteiger partial charge in [0.1, 0.15) is 5.82 Å². The normalized spacial score (nSPS) is 11.8. The van der Waals surface area contributed by atoms with Gasteiger partial charge in [-0.3, -0.25) is 9.55 Å². The smallest absolute Gasteiger partial charge is 0.137 e. The van der Waals surface area contributed by atoms with Crippen molar-refractivity contribution in [2.24, 2.45) is 0 Å². The molecule has 0 aliphatic heterocycles. The third kappa shape index (κ3) is 3.29. The molecule has 0 aliphatic rings. The fraction of sp³-hybridized carbons (Fsp3) is 0. The molecule has 196 valence electrons. The van der Waals surface area contributed by atoms with E-state index in [-0.39, 0.29) is 0 Å². The Morgan fingerprint density at radius 2 is 1.17 bits per heavy atom.